The van der Waals surface area contributed by atoms with E-state index in [4.69, 9.17) is 9.41 Å². The second kappa shape index (κ2) is 6.30. The van der Waals surface area contributed by atoms with Gasteiger partial charge >= 0.3 is 6.01 Å². The van der Waals surface area contributed by atoms with E-state index in [1.165, 1.54) is 0 Å². The molecule has 2 heterocycles. The molecule has 28 heavy (non-hydrogen) atoms. The van der Waals surface area contributed by atoms with Crippen molar-refractivity contribution < 1.29 is 9.21 Å². The summed E-state index contributed by atoms with van der Waals surface area (Å²) in [6, 6.07) is 17.6. The van der Waals surface area contributed by atoms with Crippen molar-refractivity contribution in [3.63, 3.8) is 0 Å². The Kier molecular flexibility index (Phi) is 3.75. The van der Waals surface area contributed by atoms with Crippen LogP contribution in [0.4, 0.5) is 11.7 Å². The molecule has 1 unspecified atom stereocenters. The summed E-state index contributed by atoms with van der Waals surface area (Å²) in [5.74, 6) is 0.315. The van der Waals surface area contributed by atoms with Crippen molar-refractivity contribution in [2.75, 3.05) is 10.6 Å². The van der Waals surface area contributed by atoms with E-state index < -0.39 is 6.17 Å². The highest BCUT2D eigenvalue weighted by Crippen LogP contribution is 2.47. The van der Waals surface area contributed by atoms with Gasteiger partial charge in [0.2, 0.25) is 12.1 Å². The van der Waals surface area contributed by atoms with E-state index in [2.05, 4.69) is 27.8 Å². The van der Waals surface area contributed by atoms with Gasteiger partial charge in [-0.1, -0.05) is 60.6 Å². The van der Waals surface area contributed by atoms with E-state index in [1.54, 1.807) is 0 Å². The molecule has 5 rings (SSSR count). The lowest BCUT2D eigenvalue weighted by atomic mass is 10.0. The van der Waals surface area contributed by atoms with Crippen molar-refractivity contribution in [1.29, 1.82) is 0 Å². The molecule has 2 aromatic carbocycles. The van der Waals surface area contributed by atoms with Crippen LogP contribution in [0.3, 0.4) is 0 Å². The van der Waals surface area contributed by atoms with Crippen molar-refractivity contribution in [2.24, 2.45) is 4.99 Å². The summed E-state index contributed by atoms with van der Waals surface area (Å²) in [4.78, 5) is 17.5. The average Bonchev–Trinajstić information content (AvgIpc) is 3.32. The van der Waals surface area contributed by atoms with E-state index in [1.807, 2.05) is 54.6 Å². The topological polar surface area (TPSA) is 92.4 Å². The molecule has 1 amide bonds. The molecule has 0 radical (unpaired) electrons. The Balaban J connectivity index is 1.53. The van der Waals surface area contributed by atoms with Gasteiger partial charge in [-0.05, 0) is 18.9 Å². The number of nitrogens with one attached hydrogen (secondary N) is 2. The van der Waals surface area contributed by atoms with E-state index in [9.17, 15) is 4.79 Å². The molecule has 3 aromatic rings. The van der Waals surface area contributed by atoms with Gasteiger partial charge in [0.15, 0.2) is 0 Å². The first-order chi connectivity index (χ1) is 13.6. The number of benzodiazepines with no additional fused rings is 1. The third-order valence-corrected chi connectivity index (χ3v) is 5.20. The van der Waals surface area contributed by atoms with Crippen LogP contribution in [-0.4, -0.2) is 28.0 Å². The van der Waals surface area contributed by atoms with Crippen LogP contribution < -0.4 is 10.6 Å². The van der Waals surface area contributed by atoms with Crippen molar-refractivity contribution in [2.45, 2.75) is 31.3 Å². The molecule has 140 valence electrons. The van der Waals surface area contributed by atoms with Gasteiger partial charge in [-0.3, -0.25) is 4.79 Å². The molecule has 1 fully saturated rings. The first-order valence-electron chi connectivity index (χ1n) is 9.26. The molecule has 2 aliphatic rings. The quantitative estimate of drug-likeness (QED) is 0.732. The molecule has 7 heteroatoms. The standard InChI is InChI=1S/C21H19N5O2/c1-21(11-12-21)19-25-26-20(28-19)24-17-18(27)22-15-10-6-5-9-14(15)16(23-17)13-7-3-2-4-8-13/h2-10,17H,11-12H2,1H3,(H,22,27)(H,24,26). The summed E-state index contributed by atoms with van der Waals surface area (Å²) in [5.41, 5.74) is 3.20. The second-order valence-electron chi connectivity index (χ2n) is 7.40. The summed E-state index contributed by atoms with van der Waals surface area (Å²) in [7, 11) is 0. The number of hydrogen-bond donors (Lipinski definition) is 2. The second-order valence-corrected chi connectivity index (χ2v) is 7.40. The molecule has 1 aliphatic heterocycles. The Morgan fingerprint density at radius 2 is 1.82 bits per heavy atom. The van der Waals surface area contributed by atoms with E-state index in [-0.39, 0.29) is 17.3 Å². The first-order valence-corrected chi connectivity index (χ1v) is 9.26. The van der Waals surface area contributed by atoms with Gasteiger partial charge in [0, 0.05) is 16.5 Å². The molecule has 0 bridgehead atoms. The number of benzene rings is 2. The Morgan fingerprint density at radius 3 is 2.61 bits per heavy atom. The lowest BCUT2D eigenvalue weighted by Crippen LogP contribution is -2.32. The number of rotatable bonds is 4. The predicted molar refractivity (Wildman–Crippen MR) is 105 cm³/mol. The van der Waals surface area contributed by atoms with Crippen LogP contribution in [0, 0.1) is 0 Å². The first kappa shape index (κ1) is 16.7. The number of amides is 1. The fourth-order valence-electron chi connectivity index (χ4n) is 3.22. The number of anilines is 2. The summed E-state index contributed by atoms with van der Waals surface area (Å²) in [5, 5.41) is 14.1. The van der Waals surface area contributed by atoms with Crippen LogP contribution in [0.1, 0.15) is 36.8 Å². The minimum absolute atomic E-state index is 0.0344. The lowest BCUT2D eigenvalue weighted by molar-refractivity contribution is -0.116. The SMILES string of the molecule is CC1(c2nnc(NC3N=C(c4ccccc4)c4ccccc4NC3=O)o2)CC1. The summed E-state index contributed by atoms with van der Waals surface area (Å²) < 4.78 is 5.74. The minimum atomic E-state index is -0.886. The van der Waals surface area contributed by atoms with E-state index in [0.29, 0.717) is 5.89 Å². The zero-order valence-corrected chi connectivity index (χ0v) is 15.3. The number of carbonyl (C=O) groups is 1. The Bertz CT molecular complexity index is 1070. The number of aromatic nitrogens is 2. The van der Waals surface area contributed by atoms with E-state index >= 15 is 0 Å². The van der Waals surface area contributed by atoms with Crippen molar-refractivity contribution in [3.8, 4) is 0 Å². The van der Waals surface area contributed by atoms with Gasteiger partial charge in [0.05, 0.1) is 11.4 Å². The van der Waals surface area contributed by atoms with Crippen molar-refractivity contribution in [1.82, 2.24) is 10.2 Å². The zero-order valence-electron chi connectivity index (χ0n) is 15.3. The van der Waals surface area contributed by atoms with Gasteiger partial charge in [-0.2, -0.15) is 0 Å². The Morgan fingerprint density at radius 1 is 1.07 bits per heavy atom. The predicted octanol–water partition coefficient (Wildman–Crippen LogP) is 3.35. The molecule has 0 saturated heterocycles. The van der Waals surface area contributed by atoms with E-state index in [0.717, 1.165) is 35.4 Å². The fourth-order valence-corrected chi connectivity index (χ4v) is 3.22. The highest BCUT2D eigenvalue weighted by molar-refractivity contribution is 6.19. The van der Waals surface area contributed by atoms with Crippen LogP contribution in [0.25, 0.3) is 0 Å². The minimum Gasteiger partial charge on any atom is -0.407 e. The number of carbonyl (C=O) groups excluding carboxylic acids is 1. The van der Waals surface area contributed by atoms with Crippen LogP contribution in [-0.2, 0) is 10.2 Å². The number of nitrogens with zero attached hydrogens (tertiary/aromatic N) is 3. The fraction of sp³-hybridized carbons (Fsp3) is 0.238. The van der Waals surface area contributed by atoms with Crippen LogP contribution in [0.2, 0.25) is 0 Å². The summed E-state index contributed by atoms with van der Waals surface area (Å²) >= 11 is 0. The Labute approximate surface area is 161 Å². The molecular weight excluding hydrogens is 354 g/mol. The number of fused-ring (bicyclic) bond motifs is 1. The van der Waals surface area contributed by atoms with Gasteiger partial charge < -0.3 is 15.1 Å². The molecule has 1 saturated carbocycles. The van der Waals surface area contributed by atoms with Crippen molar-refractivity contribution >= 4 is 23.3 Å². The van der Waals surface area contributed by atoms with Gasteiger partial charge in [0.25, 0.3) is 5.91 Å². The van der Waals surface area contributed by atoms with Crippen LogP contribution in [0.15, 0.2) is 64.0 Å². The monoisotopic (exact) mass is 373 g/mol. The van der Waals surface area contributed by atoms with Crippen molar-refractivity contribution in [3.05, 3.63) is 71.6 Å². The maximum atomic E-state index is 12.8. The molecule has 1 aromatic heterocycles. The van der Waals surface area contributed by atoms with Gasteiger partial charge in [-0.15, -0.1) is 5.10 Å². The molecule has 2 N–H and O–H groups in total. The highest BCUT2D eigenvalue weighted by Gasteiger charge is 2.44. The lowest BCUT2D eigenvalue weighted by Gasteiger charge is -2.11. The average molecular weight is 373 g/mol. The van der Waals surface area contributed by atoms with Crippen LogP contribution >= 0.6 is 0 Å². The summed E-state index contributed by atoms with van der Waals surface area (Å²) in [6.07, 6.45) is 1.18. The molecule has 7 nitrogen and oxygen atoms in total. The maximum Gasteiger partial charge on any atom is 0.317 e. The molecule has 0 spiro atoms. The number of hydrogen-bond acceptors (Lipinski definition) is 6. The van der Waals surface area contributed by atoms with Gasteiger partial charge in [0.1, 0.15) is 0 Å². The largest absolute Gasteiger partial charge is 0.407 e. The third-order valence-electron chi connectivity index (χ3n) is 5.20. The maximum absolute atomic E-state index is 12.8. The smallest absolute Gasteiger partial charge is 0.317 e. The molecule has 1 atom stereocenters. The normalized spacial score (nSPS) is 19.8. The number of para-hydroxylation sites is 1. The number of aliphatic imine (C=N–C) groups is 1. The highest BCUT2D eigenvalue weighted by atomic mass is 16.4. The molecular formula is C21H19N5O2. The summed E-state index contributed by atoms with van der Waals surface area (Å²) in [6.45, 7) is 2.09. The third kappa shape index (κ3) is 2.94. The zero-order chi connectivity index (χ0) is 19.1. The Hall–Kier alpha value is -3.48. The molecule has 1 aliphatic carbocycles. The van der Waals surface area contributed by atoms with Crippen LogP contribution in [0.5, 0.6) is 0 Å². The van der Waals surface area contributed by atoms with Gasteiger partial charge in [-0.25, -0.2) is 4.99 Å².